The summed E-state index contributed by atoms with van der Waals surface area (Å²) in [5.74, 6) is 1.25. The zero-order valence-electron chi connectivity index (χ0n) is 17.3. The molecule has 0 aliphatic carbocycles. The fourth-order valence-electron chi connectivity index (χ4n) is 3.98. The molecule has 7 heteroatoms. The van der Waals surface area contributed by atoms with E-state index in [0.717, 1.165) is 50.1 Å². The van der Waals surface area contributed by atoms with Gasteiger partial charge in [0, 0.05) is 24.2 Å². The number of nitrogens with zero attached hydrogens (tertiary/aromatic N) is 1. The van der Waals surface area contributed by atoms with Gasteiger partial charge in [-0.1, -0.05) is 0 Å². The van der Waals surface area contributed by atoms with Gasteiger partial charge in [0.15, 0.2) is 11.5 Å². The van der Waals surface area contributed by atoms with Gasteiger partial charge >= 0.3 is 0 Å². The Bertz CT molecular complexity index is 966. The number of benzene rings is 2. The van der Waals surface area contributed by atoms with E-state index in [1.807, 2.05) is 17.0 Å². The first-order chi connectivity index (χ1) is 14.6. The van der Waals surface area contributed by atoms with Gasteiger partial charge in [-0.25, -0.2) is 0 Å². The maximum Gasteiger partial charge on any atom is 0.255 e. The van der Waals surface area contributed by atoms with Crippen molar-refractivity contribution in [2.45, 2.75) is 25.7 Å². The highest BCUT2D eigenvalue weighted by atomic mass is 16.5. The van der Waals surface area contributed by atoms with Crippen molar-refractivity contribution >= 4 is 17.5 Å². The first-order valence-corrected chi connectivity index (χ1v) is 10.2. The van der Waals surface area contributed by atoms with Crippen LogP contribution < -0.4 is 19.5 Å². The molecule has 2 aromatic carbocycles. The molecule has 2 heterocycles. The van der Waals surface area contributed by atoms with Crippen molar-refractivity contribution in [1.29, 1.82) is 0 Å². The van der Waals surface area contributed by atoms with Crippen LogP contribution >= 0.6 is 0 Å². The lowest BCUT2D eigenvalue weighted by Gasteiger charge is -2.20. The van der Waals surface area contributed by atoms with E-state index in [1.165, 1.54) is 14.2 Å². The van der Waals surface area contributed by atoms with E-state index in [4.69, 9.17) is 14.2 Å². The van der Waals surface area contributed by atoms with Crippen LogP contribution in [-0.4, -0.2) is 50.6 Å². The molecule has 0 unspecified atom stereocenters. The molecule has 2 aromatic rings. The summed E-state index contributed by atoms with van der Waals surface area (Å²) >= 11 is 0. The van der Waals surface area contributed by atoms with E-state index in [2.05, 4.69) is 5.32 Å². The van der Waals surface area contributed by atoms with E-state index in [0.29, 0.717) is 34.9 Å². The molecule has 2 aliphatic heterocycles. The number of aryl methyl sites for hydroxylation is 1. The number of hydrogen-bond donors (Lipinski definition) is 1. The maximum absolute atomic E-state index is 13.0. The second-order valence-electron chi connectivity index (χ2n) is 7.49. The lowest BCUT2D eigenvalue weighted by Crippen LogP contribution is -2.27. The molecule has 2 amide bonds. The standard InChI is InChI=1S/C23H26N2O5/c1-28-20-14-17(23(27)25-9-3-4-10-25)13-18(21(20)29-2)24-22(26)16-7-8-19-15(12-16)6-5-11-30-19/h7-8,12-14H,3-6,9-11H2,1-2H3,(H,24,26). The molecular weight excluding hydrogens is 384 g/mol. The largest absolute Gasteiger partial charge is 0.493 e. The summed E-state index contributed by atoms with van der Waals surface area (Å²) in [5, 5.41) is 2.89. The predicted octanol–water partition coefficient (Wildman–Crippen LogP) is 3.52. The van der Waals surface area contributed by atoms with Crippen LogP contribution in [0.15, 0.2) is 30.3 Å². The monoisotopic (exact) mass is 410 g/mol. The molecule has 4 rings (SSSR count). The van der Waals surface area contributed by atoms with Gasteiger partial charge in [0.05, 0.1) is 26.5 Å². The van der Waals surface area contributed by atoms with Crippen molar-refractivity contribution in [3.63, 3.8) is 0 Å². The molecular formula is C23H26N2O5. The number of ether oxygens (including phenoxy) is 3. The number of hydrogen-bond acceptors (Lipinski definition) is 5. The molecule has 1 saturated heterocycles. The van der Waals surface area contributed by atoms with Crippen molar-refractivity contribution < 1.29 is 23.8 Å². The van der Waals surface area contributed by atoms with Crippen LogP contribution in [0.5, 0.6) is 17.2 Å². The minimum absolute atomic E-state index is 0.0742. The third-order valence-electron chi connectivity index (χ3n) is 5.54. The lowest BCUT2D eigenvalue weighted by atomic mass is 10.0. The summed E-state index contributed by atoms with van der Waals surface area (Å²) in [7, 11) is 3.02. The Morgan fingerprint density at radius 3 is 2.53 bits per heavy atom. The quantitative estimate of drug-likeness (QED) is 0.816. The van der Waals surface area contributed by atoms with Crippen LogP contribution in [0.1, 0.15) is 45.5 Å². The van der Waals surface area contributed by atoms with Crippen LogP contribution in [-0.2, 0) is 6.42 Å². The number of anilines is 1. The smallest absolute Gasteiger partial charge is 0.255 e. The van der Waals surface area contributed by atoms with E-state index >= 15 is 0 Å². The lowest BCUT2D eigenvalue weighted by molar-refractivity contribution is 0.0792. The van der Waals surface area contributed by atoms with Crippen molar-refractivity contribution in [3.8, 4) is 17.2 Å². The Morgan fingerprint density at radius 1 is 1.00 bits per heavy atom. The average Bonchev–Trinajstić information content (AvgIpc) is 3.32. The van der Waals surface area contributed by atoms with Gasteiger partial charge in [0.25, 0.3) is 11.8 Å². The van der Waals surface area contributed by atoms with Gasteiger partial charge in [-0.15, -0.1) is 0 Å². The average molecular weight is 410 g/mol. The third kappa shape index (κ3) is 3.92. The Hall–Kier alpha value is -3.22. The van der Waals surface area contributed by atoms with E-state index in [-0.39, 0.29) is 11.8 Å². The number of amides is 2. The van der Waals surface area contributed by atoms with Crippen molar-refractivity contribution in [3.05, 3.63) is 47.0 Å². The number of methoxy groups -OCH3 is 2. The first kappa shape index (κ1) is 20.1. The summed E-state index contributed by atoms with van der Waals surface area (Å²) in [5.41, 5.74) is 2.41. The Kier molecular flexibility index (Phi) is 5.79. The Balaban J connectivity index is 1.64. The van der Waals surface area contributed by atoms with Crippen LogP contribution in [0.4, 0.5) is 5.69 Å². The molecule has 1 N–H and O–H groups in total. The van der Waals surface area contributed by atoms with Crippen LogP contribution in [0.2, 0.25) is 0 Å². The second-order valence-corrected chi connectivity index (χ2v) is 7.49. The number of carbonyl (C=O) groups excluding carboxylic acids is 2. The van der Waals surface area contributed by atoms with E-state index < -0.39 is 0 Å². The molecule has 0 aromatic heterocycles. The number of fused-ring (bicyclic) bond motifs is 1. The summed E-state index contributed by atoms with van der Waals surface area (Å²) in [6.07, 6.45) is 3.83. The molecule has 1 fully saturated rings. The van der Waals surface area contributed by atoms with Gasteiger partial charge < -0.3 is 24.4 Å². The second kappa shape index (κ2) is 8.65. The van der Waals surface area contributed by atoms with Gasteiger partial charge in [0.1, 0.15) is 5.75 Å². The summed E-state index contributed by atoms with van der Waals surface area (Å²) in [6, 6.07) is 8.73. The van der Waals surface area contributed by atoms with Crippen molar-refractivity contribution in [2.75, 3.05) is 39.2 Å². The number of carbonyl (C=O) groups is 2. The molecule has 2 aliphatic rings. The van der Waals surface area contributed by atoms with E-state index in [9.17, 15) is 9.59 Å². The van der Waals surface area contributed by atoms with E-state index in [1.54, 1.807) is 18.2 Å². The third-order valence-corrected chi connectivity index (χ3v) is 5.54. The highest BCUT2D eigenvalue weighted by Crippen LogP contribution is 2.37. The minimum atomic E-state index is -0.283. The number of nitrogens with one attached hydrogen (secondary N) is 1. The minimum Gasteiger partial charge on any atom is -0.493 e. The number of rotatable bonds is 5. The summed E-state index contributed by atoms with van der Waals surface area (Å²) in [4.78, 5) is 27.7. The van der Waals surface area contributed by atoms with Crippen LogP contribution in [0.25, 0.3) is 0 Å². The van der Waals surface area contributed by atoms with Gasteiger partial charge in [-0.05, 0) is 61.6 Å². The molecule has 158 valence electrons. The first-order valence-electron chi connectivity index (χ1n) is 10.2. The number of likely N-dealkylation sites (tertiary alicyclic amines) is 1. The zero-order chi connectivity index (χ0) is 21.1. The molecule has 0 radical (unpaired) electrons. The summed E-state index contributed by atoms with van der Waals surface area (Å²) in [6.45, 7) is 2.19. The topological polar surface area (TPSA) is 77.1 Å². The predicted molar refractivity (Wildman–Crippen MR) is 113 cm³/mol. The normalized spacial score (nSPS) is 15.2. The zero-order valence-corrected chi connectivity index (χ0v) is 17.3. The molecule has 0 bridgehead atoms. The molecule has 30 heavy (non-hydrogen) atoms. The van der Waals surface area contributed by atoms with Crippen molar-refractivity contribution in [1.82, 2.24) is 4.90 Å². The SMILES string of the molecule is COc1cc(C(=O)N2CCCC2)cc(NC(=O)c2ccc3c(c2)CCCO3)c1OC. The molecule has 7 nitrogen and oxygen atoms in total. The Morgan fingerprint density at radius 2 is 1.80 bits per heavy atom. The highest BCUT2D eigenvalue weighted by molar-refractivity contribution is 6.06. The fourth-order valence-corrected chi connectivity index (χ4v) is 3.98. The van der Waals surface area contributed by atoms with Gasteiger partial charge in [0.2, 0.25) is 0 Å². The van der Waals surface area contributed by atoms with Crippen LogP contribution in [0, 0.1) is 0 Å². The van der Waals surface area contributed by atoms with Gasteiger partial charge in [-0.2, -0.15) is 0 Å². The summed E-state index contributed by atoms with van der Waals surface area (Å²) < 4.78 is 16.5. The van der Waals surface area contributed by atoms with Crippen LogP contribution in [0.3, 0.4) is 0 Å². The highest BCUT2D eigenvalue weighted by Gasteiger charge is 2.24. The molecule has 0 saturated carbocycles. The Labute approximate surface area is 175 Å². The molecule has 0 spiro atoms. The molecule has 0 atom stereocenters. The fraction of sp³-hybridized carbons (Fsp3) is 0.391. The maximum atomic E-state index is 13.0. The van der Waals surface area contributed by atoms with Gasteiger partial charge in [-0.3, -0.25) is 9.59 Å². The van der Waals surface area contributed by atoms with Crippen molar-refractivity contribution in [2.24, 2.45) is 0 Å².